The summed E-state index contributed by atoms with van der Waals surface area (Å²) in [5.41, 5.74) is 0. The second-order valence-electron chi connectivity index (χ2n) is 2.20. The topological polar surface area (TPSA) is 17.1 Å². The minimum atomic E-state index is 0.435. The standard InChI is InChI=1S/C6H10O/c1-2-5-3-6(5)4-7/h4-6H,2-3H2,1H3/t5-,6?/m1/s1. The van der Waals surface area contributed by atoms with Crippen LogP contribution in [0.5, 0.6) is 0 Å². The molecule has 1 fully saturated rings. The summed E-state index contributed by atoms with van der Waals surface area (Å²) in [6.45, 7) is 2.13. The van der Waals surface area contributed by atoms with Gasteiger partial charge in [-0.1, -0.05) is 13.3 Å². The van der Waals surface area contributed by atoms with E-state index < -0.39 is 0 Å². The molecule has 1 rings (SSSR count). The third-order valence-corrected chi connectivity index (χ3v) is 1.68. The minimum absolute atomic E-state index is 0.435. The lowest BCUT2D eigenvalue weighted by atomic mass is 10.3. The Kier molecular flexibility index (Phi) is 1.13. The molecule has 0 aromatic carbocycles. The molecular weight excluding hydrogens is 88.1 g/mol. The lowest BCUT2D eigenvalue weighted by molar-refractivity contribution is -0.109. The van der Waals surface area contributed by atoms with Gasteiger partial charge >= 0.3 is 0 Å². The number of rotatable bonds is 2. The van der Waals surface area contributed by atoms with Crippen LogP contribution in [0.2, 0.25) is 0 Å². The summed E-state index contributed by atoms with van der Waals surface area (Å²) < 4.78 is 0. The first-order valence-corrected chi connectivity index (χ1v) is 2.83. The lowest BCUT2D eigenvalue weighted by Gasteiger charge is -1.78. The van der Waals surface area contributed by atoms with E-state index in [9.17, 15) is 4.79 Å². The van der Waals surface area contributed by atoms with Crippen LogP contribution in [-0.2, 0) is 4.79 Å². The molecule has 0 heterocycles. The highest BCUT2D eigenvalue weighted by Crippen LogP contribution is 2.38. The Morgan fingerprint density at radius 2 is 2.57 bits per heavy atom. The van der Waals surface area contributed by atoms with Gasteiger partial charge in [0.2, 0.25) is 0 Å². The molecule has 2 atom stereocenters. The summed E-state index contributed by atoms with van der Waals surface area (Å²) >= 11 is 0. The molecule has 1 nitrogen and oxygen atoms in total. The molecule has 1 aliphatic carbocycles. The molecule has 0 spiro atoms. The molecule has 0 bridgehead atoms. The highest BCUT2D eigenvalue weighted by atomic mass is 16.1. The highest BCUT2D eigenvalue weighted by Gasteiger charge is 2.34. The molecule has 0 aromatic heterocycles. The van der Waals surface area contributed by atoms with Crippen LogP contribution >= 0.6 is 0 Å². The summed E-state index contributed by atoms with van der Waals surface area (Å²) in [4.78, 5) is 9.94. The fraction of sp³-hybridized carbons (Fsp3) is 0.833. The number of aldehydes is 1. The summed E-state index contributed by atoms with van der Waals surface area (Å²) in [5, 5.41) is 0. The van der Waals surface area contributed by atoms with Gasteiger partial charge in [-0.25, -0.2) is 0 Å². The third-order valence-electron chi connectivity index (χ3n) is 1.68. The molecule has 1 unspecified atom stereocenters. The Balaban J connectivity index is 2.17. The molecule has 0 aliphatic heterocycles. The van der Waals surface area contributed by atoms with Crippen LogP contribution in [0.1, 0.15) is 19.8 Å². The molecule has 0 amide bonds. The predicted octanol–water partition coefficient (Wildman–Crippen LogP) is 1.23. The zero-order chi connectivity index (χ0) is 5.28. The van der Waals surface area contributed by atoms with E-state index in [0.717, 1.165) is 18.6 Å². The Hall–Kier alpha value is -0.330. The van der Waals surface area contributed by atoms with Crippen molar-refractivity contribution in [3.8, 4) is 0 Å². The van der Waals surface area contributed by atoms with Gasteiger partial charge in [-0.3, -0.25) is 0 Å². The molecule has 0 N–H and O–H groups in total. The maximum Gasteiger partial charge on any atom is 0.123 e. The van der Waals surface area contributed by atoms with E-state index in [1.54, 1.807) is 0 Å². The maximum atomic E-state index is 9.94. The highest BCUT2D eigenvalue weighted by molar-refractivity contribution is 5.57. The van der Waals surface area contributed by atoms with Crippen molar-refractivity contribution < 1.29 is 4.79 Å². The fourth-order valence-corrected chi connectivity index (χ4v) is 0.907. The van der Waals surface area contributed by atoms with E-state index in [0.29, 0.717) is 5.92 Å². The monoisotopic (exact) mass is 98.1 g/mol. The Morgan fingerprint density at radius 1 is 1.86 bits per heavy atom. The second kappa shape index (κ2) is 1.65. The molecule has 0 radical (unpaired) electrons. The molecule has 0 saturated heterocycles. The van der Waals surface area contributed by atoms with E-state index in [2.05, 4.69) is 6.92 Å². The predicted molar refractivity (Wildman–Crippen MR) is 28.0 cm³/mol. The van der Waals surface area contributed by atoms with Crippen molar-refractivity contribution in [2.24, 2.45) is 11.8 Å². The minimum Gasteiger partial charge on any atom is -0.303 e. The maximum absolute atomic E-state index is 9.94. The molecule has 1 saturated carbocycles. The number of hydrogen-bond acceptors (Lipinski definition) is 1. The van der Waals surface area contributed by atoms with Gasteiger partial charge in [-0.15, -0.1) is 0 Å². The molecule has 40 valence electrons. The Labute approximate surface area is 43.7 Å². The van der Waals surface area contributed by atoms with Crippen LogP contribution < -0.4 is 0 Å². The van der Waals surface area contributed by atoms with Gasteiger partial charge in [0.15, 0.2) is 0 Å². The van der Waals surface area contributed by atoms with Crippen LogP contribution in [-0.4, -0.2) is 6.29 Å². The Morgan fingerprint density at radius 3 is 2.71 bits per heavy atom. The van der Waals surface area contributed by atoms with E-state index in [-0.39, 0.29) is 0 Å². The summed E-state index contributed by atoms with van der Waals surface area (Å²) in [7, 11) is 0. The van der Waals surface area contributed by atoms with Crippen molar-refractivity contribution in [2.45, 2.75) is 19.8 Å². The Bertz CT molecular complexity index is 78.2. The van der Waals surface area contributed by atoms with Gasteiger partial charge in [0.1, 0.15) is 6.29 Å². The first-order valence-electron chi connectivity index (χ1n) is 2.83. The molecule has 0 aromatic rings. The van der Waals surface area contributed by atoms with Crippen LogP contribution in [0.3, 0.4) is 0 Å². The third kappa shape index (κ3) is 0.817. The average Bonchev–Trinajstić information content (AvgIpc) is 2.43. The van der Waals surface area contributed by atoms with Gasteiger partial charge in [0.05, 0.1) is 0 Å². The van der Waals surface area contributed by atoms with Gasteiger partial charge in [-0.2, -0.15) is 0 Å². The summed E-state index contributed by atoms with van der Waals surface area (Å²) in [6.07, 6.45) is 3.41. The molecular formula is C6H10O. The van der Waals surface area contributed by atoms with Crippen molar-refractivity contribution in [1.82, 2.24) is 0 Å². The molecule has 1 heteroatoms. The molecule has 1 aliphatic rings. The largest absolute Gasteiger partial charge is 0.303 e. The number of carbonyl (C=O) groups is 1. The fourth-order valence-electron chi connectivity index (χ4n) is 0.907. The smallest absolute Gasteiger partial charge is 0.123 e. The van der Waals surface area contributed by atoms with Crippen molar-refractivity contribution >= 4 is 6.29 Å². The van der Waals surface area contributed by atoms with Gasteiger partial charge < -0.3 is 4.79 Å². The van der Waals surface area contributed by atoms with Crippen LogP contribution in [0.25, 0.3) is 0 Å². The quantitative estimate of drug-likeness (QED) is 0.475. The SMILES string of the molecule is CC[C@@H]1CC1C=O. The van der Waals surface area contributed by atoms with Crippen molar-refractivity contribution in [1.29, 1.82) is 0 Å². The van der Waals surface area contributed by atoms with Crippen LogP contribution in [0, 0.1) is 11.8 Å². The van der Waals surface area contributed by atoms with E-state index in [1.807, 2.05) is 0 Å². The molecule has 7 heavy (non-hydrogen) atoms. The van der Waals surface area contributed by atoms with Gasteiger partial charge in [-0.05, 0) is 12.3 Å². The van der Waals surface area contributed by atoms with E-state index in [1.165, 1.54) is 6.42 Å². The number of carbonyl (C=O) groups excluding carboxylic acids is 1. The first kappa shape index (κ1) is 4.82. The van der Waals surface area contributed by atoms with Crippen LogP contribution in [0.4, 0.5) is 0 Å². The van der Waals surface area contributed by atoms with Gasteiger partial charge in [0.25, 0.3) is 0 Å². The number of hydrogen-bond donors (Lipinski definition) is 0. The van der Waals surface area contributed by atoms with Crippen molar-refractivity contribution in [3.05, 3.63) is 0 Å². The first-order chi connectivity index (χ1) is 3.38. The zero-order valence-corrected chi connectivity index (χ0v) is 4.55. The van der Waals surface area contributed by atoms with Crippen molar-refractivity contribution in [2.75, 3.05) is 0 Å². The average molecular weight is 98.1 g/mol. The normalized spacial score (nSPS) is 37.9. The lowest BCUT2D eigenvalue weighted by Crippen LogP contribution is -1.78. The van der Waals surface area contributed by atoms with Crippen LogP contribution in [0.15, 0.2) is 0 Å². The summed E-state index contributed by atoms with van der Waals surface area (Å²) in [6, 6.07) is 0. The van der Waals surface area contributed by atoms with E-state index >= 15 is 0 Å². The zero-order valence-electron chi connectivity index (χ0n) is 4.55. The summed E-state index contributed by atoms with van der Waals surface area (Å²) in [5.74, 6) is 1.18. The second-order valence-corrected chi connectivity index (χ2v) is 2.20. The van der Waals surface area contributed by atoms with Crippen molar-refractivity contribution in [3.63, 3.8) is 0 Å². The van der Waals surface area contributed by atoms with E-state index in [4.69, 9.17) is 0 Å². The van der Waals surface area contributed by atoms with Gasteiger partial charge in [0, 0.05) is 5.92 Å².